The van der Waals surface area contributed by atoms with Crippen molar-refractivity contribution in [1.82, 2.24) is 4.90 Å². The molecular weight excluding hydrogens is 304 g/mol. The van der Waals surface area contributed by atoms with E-state index >= 15 is 0 Å². The molecule has 4 nitrogen and oxygen atoms in total. The fourth-order valence-corrected chi connectivity index (χ4v) is 3.52. The molecule has 0 bridgehead atoms. The van der Waals surface area contributed by atoms with Gasteiger partial charge in [0.15, 0.2) is 0 Å². The van der Waals surface area contributed by atoms with Crippen LogP contribution in [-0.2, 0) is 0 Å². The first-order chi connectivity index (χ1) is 10.2. The van der Waals surface area contributed by atoms with Crippen LogP contribution in [0, 0.1) is 0 Å². The fraction of sp³-hybridized carbons (Fsp3) is 0.467. The summed E-state index contributed by atoms with van der Waals surface area (Å²) in [5.74, 6) is 0.851. The Morgan fingerprint density at radius 1 is 1.19 bits per heavy atom. The van der Waals surface area contributed by atoms with E-state index in [0.717, 1.165) is 31.1 Å². The topological polar surface area (TPSA) is 52.9 Å². The van der Waals surface area contributed by atoms with Crippen LogP contribution < -0.4 is 0 Å². The molecule has 0 atom stereocenters. The highest BCUT2D eigenvalue weighted by atomic mass is 33.1. The van der Waals surface area contributed by atoms with Gasteiger partial charge in [0.05, 0.1) is 5.56 Å². The van der Waals surface area contributed by atoms with Gasteiger partial charge in [0.2, 0.25) is 0 Å². The van der Waals surface area contributed by atoms with E-state index in [9.17, 15) is 9.90 Å². The molecule has 0 unspecified atom stereocenters. The van der Waals surface area contributed by atoms with Crippen LogP contribution in [0.15, 0.2) is 28.7 Å². The van der Waals surface area contributed by atoms with Crippen molar-refractivity contribution in [3.8, 4) is 0 Å². The molecule has 0 fully saturated rings. The number of carboxylic acids is 1. The highest BCUT2D eigenvalue weighted by Gasteiger charge is 2.18. The third kappa shape index (κ3) is 5.28. The third-order valence-electron chi connectivity index (χ3n) is 2.93. The number of carbonyl (C=O) groups is 1. The van der Waals surface area contributed by atoms with Crippen molar-refractivity contribution in [2.45, 2.75) is 27.2 Å². The summed E-state index contributed by atoms with van der Waals surface area (Å²) >= 11 is 0. The lowest BCUT2D eigenvalue weighted by molar-refractivity contribution is 0.0696. The van der Waals surface area contributed by atoms with Crippen LogP contribution in [0.25, 0.3) is 0 Å². The minimum Gasteiger partial charge on any atom is -0.478 e. The van der Waals surface area contributed by atoms with E-state index in [2.05, 4.69) is 16.2 Å². The van der Waals surface area contributed by atoms with Gasteiger partial charge in [0.25, 0.3) is 0 Å². The largest absolute Gasteiger partial charge is 0.478 e. The number of rotatable bonds is 8. The molecule has 0 aromatic heterocycles. The molecule has 0 aliphatic heterocycles. The second-order valence-electron chi connectivity index (χ2n) is 4.33. The van der Waals surface area contributed by atoms with Crippen LogP contribution in [0.5, 0.6) is 0 Å². The average Bonchev–Trinajstić information content (AvgIpc) is 2.50. The normalized spacial score (nSPS) is 11.5. The number of benzene rings is 1. The molecule has 0 aliphatic carbocycles. The lowest BCUT2D eigenvalue weighted by Gasteiger charge is -2.23. The smallest absolute Gasteiger partial charge is 0.336 e. The van der Waals surface area contributed by atoms with E-state index in [1.807, 2.05) is 26.0 Å². The monoisotopic (exact) mass is 326 g/mol. The predicted octanol–water partition coefficient (Wildman–Crippen LogP) is 4.18. The molecule has 0 amide bonds. The zero-order valence-electron chi connectivity index (χ0n) is 12.7. The molecule has 116 valence electrons. The van der Waals surface area contributed by atoms with Crippen molar-refractivity contribution in [2.24, 2.45) is 4.40 Å². The van der Waals surface area contributed by atoms with Gasteiger partial charge in [0.1, 0.15) is 5.84 Å². The zero-order valence-corrected chi connectivity index (χ0v) is 14.3. The first-order valence-electron chi connectivity index (χ1n) is 7.09. The quantitative estimate of drug-likeness (QED) is 0.255. The van der Waals surface area contributed by atoms with Crippen molar-refractivity contribution in [2.75, 3.05) is 18.8 Å². The predicted molar refractivity (Wildman–Crippen MR) is 93.2 cm³/mol. The van der Waals surface area contributed by atoms with Crippen LogP contribution in [0.3, 0.4) is 0 Å². The van der Waals surface area contributed by atoms with Gasteiger partial charge in [-0.15, -0.1) is 0 Å². The van der Waals surface area contributed by atoms with Crippen LogP contribution in [0.1, 0.15) is 43.1 Å². The fourth-order valence-electron chi connectivity index (χ4n) is 1.85. The Balaban J connectivity index is 3.14. The van der Waals surface area contributed by atoms with Gasteiger partial charge in [-0.2, -0.15) is 4.40 Å². The molecule has 0 aliphatic rings. The summed E-state index contributed by atoms with van der Waals surface area (Å²) in [5, 5.41) is 9.37. The summed E-state index contributed by atoms with van der Waals surface area (Å²) in [7, 11) is 3.11. The highest BCUT2D eigenvalue weighted by Crippen LogP contribution is 2.25. The van der Waals surface area contributed by atoms with E-state index in [1.165, 1.54) is 11.0 Å². The lowest BCUT2D eigenvalue weighted by atomic mass is 10.1. The third-order valence-corrected chi connectivity index (χ3v) is 4.89. The molecule has 0 radical (unpaired) electrons. The minimum atomic E-state index is -0.920. The standard InChI is InChI=1S/C15H22N2O2S2/c1-4-11-20-21-16-14(17(5-2)6-3)12-9-7-8-10-13(12)15(18)19/h7-10H,4-6,11H2,1-3H3,(H,18,19). The molecule has 1 N–H and O–H groups in total. The Labute approximate surface area is 134 Å². The first kappa shape index (κ1) is 17.9. The minimum absolute atomic E-state index is 0.296. The maximum Gasteiger partial charge on any atom is 0.336 e. The molecule has 21 heavy (non-hydrogen) atoms. The van der Waals surface area contributed by atoms with Crippen molar-refractivity contribution in [3.05, 3.63) is 35.4 Å². The van der Waals surface area contributed by atoms with E-state index in [4.69, 9.17) is 0 Å². The summed E-state index contributed by atoms with van der Waals surface area (Å²) in [4.78, 5) is 13.5. The van der Waals surface area contributed by atoms with Gasteiger partial charge in [-0.05, 0) is 26.3 Å². The van der Waals surface area contributed by atoms with Crippen LogP contribution in [0.2, 0.25) is 0 Å². The average molecular weight is 326 g/mol. The van der Waals surface area contributed by atoms with Crippen LogP contribution in [0.4, 0.5) is 0 Å². The summed E-state index contributed by atoms with van der Waals surface area (Å²) in [6.45, 7) is 7.81. The molecule has 6 heteroatoms. The van der Waals surface area contributed by atoms with Crippen molar-refractivity contribution >= 4 is 33.6 Å². The SMILES string of the molecule is CCCSSN=C(c1ccccc1C(=O)O)N(CC)CC. The molecule has 0 spiro atoms. The molecule has 1 aromatic rings. The number of aromatic carboxylic acids is 1. The lowest BCUT2D eigenvalue weighted by Crippen LogP contribution is -2.32. The van der Waals surface area contributed by atoms with Gasteiger partial charge in [0, 0.05) is 35.4 Å². The van der Waals surface area contributed by atoms with Gasteiger partial charge in [-0.25, -0.2) is 4.79 Å². The maximum absolute atomic E-state index is 11.4. The van der Waals surface area contributed by atoms with E-state index in [0.29, 0.717) is 11.1 Å². The van der Waals surface area contributed by atoms with Gasteiger partial charge < -0.3 is 10.0 Å². The molecule has 0 saturated heterocycles. The van der Waals surface area contributed by atoms with Crippen LogP contribution in [-0.4, -0.2) is 40.7 Å². The number of nitrogens with zero attached hydrogens (tertiary/aromatic N) is 2. The zero-order chi connectivity index (χ0) is 15.7. The summed E-state index contributed by atoms with van der Waals surface area (Å²) in [6, 6.07) is 7.04. The first-order valence-corrected chi connectivity index (χ1v) is 9.37. The van der Waals surface area contributed by atoms with E-state index < -0.39 is 5.97 Å². The summed E-state index contributed by atoms with van der Waals surface area (Å²) in [6.07, 6.45) is 1.10. The van der Waals surface area contributed by atoms with Crippen LogP contribution >= 0.6 is 21.8 Å². The number of hydrogen-bond donors (Lipinski definition) is 1. The number of amidine groups is 1. The second kappa shape index (κ2) is 9.73. The molecule has 1 aromatic carbocycles. The highest BCUT2D eigenvalue weighted by molar-refractivity contribution is 8.76. The van der Waals surface area contributed by atoms with E-state index in [1.54, 1.807) is 22.9 Å². The Morgan fingerprint density at radius 3 is 2.33 bits per heavy atom. The molecule has 0 heterocycles. The molecule has 0 saturated carbocycles. The Bertz CT molecular complexity index is 488. The Kier molecular flexibility index (Phi) is 8.30. The Morgan fingerprint density at radius 2 is 1.81 bits per heavy atom. The second-order valence-corrected chi connectivity index (χ2v) is 6.46. The number of carboxylic acid groups (broad SMARTS) is 1. The summed E-state index contributed by atoms with van der Waals surface area (Å²) in [5.41, 5.74) is 0.975. The van der Waals surface area contributed by atoms with Crippen molar-refractivity contribution in [3.63, 3.8) is 0 Å². The van der Waals surface area contributed by atoms with E-state index in [-0.39, 0.29) is 0 Å². The van der Waals surface area contributed by atoms with Gasteiger partial charge in [-0.1, -0.05) is 35.9 Å². The van der Waals surface area contributed by atoms with Crippen molar-refractivity contribution < 1.29 is 9.90 Å². The summed E-state index contributed by atoms with van der Waals surface area (Å²) < 4.78 is 4.58. The number of hydrogen-bond acceptors (Lipinski definition) is 4. The molecule has 1 rings (SSSR count). The molecular formula is C15H22N2O2S2. The maximum atomic E-state index is 11.4. The van der Waals surface area contributed by atoms with Gasteiger partial charge >= 0.3 is 5.97 Å². The Hall–Kier alpha value is -1.14. The van der Waals surface area contributed by atoms with Crippen molar-refractivity contribution in [1.29, 1.82) is 0 Å². The van der Waals surface area contributed by atoms with Gasteiger partial charge in [-0.3, -0.25) is 0 Å².